The number of esters is 1. The molecule has 4 aliphatic rings. The molecule has 2 aromatic carbocycles. The van der Waals surface area contributed by atoms with Gasteiger partial charge in [0.15, 0.2) is 6.10 Å². The van der Waals surface area contributed by atoms with Gasteiger partial charge in [0.25, 0.3) is 0 Å². The van der Waals surface area contributed by atoms with Crippen LogP contribution in [0.5, 0.6) is 0 Å². The molecule has 1 atom stereocenters. The van der Waals surface area contributed by atoms with Crippen molar-refractivity contribution in [1.82, 2.24) is 0 Å². The molecule has 0 aromatic heterocycles. The lowest BCUT2D eigenvalue weighted by atomic mass is 9.74. The van der Waals surface area contributed by atoms with E-state index in [2.05, 4.69) is 54.6 Å². The lowest BCUT2D eigenvalue weighted by Crippen LogP contribution is -2.65. The molecule has 0 N–H and O–H groups in total. The quantitative estimate of drug-likeness (QED) is 0.334. The maximum atomic E-state index is 13.9. The van der Waals surface area contributed by atoms with E-state index in [1.54, 1.807) is 0 Å². The molecule has 1 aliphatic carbocycles. The van der Waals surface area contributed by atoms with Crippen molar-refractivity contribution in [2.75, 3.05) is 26.2 Å². The van der Waals surface area contributed by atoms with Crippen molar-refractivity contribution in [3.8, 4) is 0 Å². The summed E-state index contributed by atoms with van der Waals surface area (Å²) in [5.41, 5.74) is 2.14. The Morgan fingerprint density at radius 3 is 2.16 bits per heavy atom. The Bertz CT molecular complexity index is 878. The SMILES string of the molecule is O=C(O[C@H]1C[N+]2(CCc3ccccc3)CCC1CC2)C1(c2ccccc2)CCCCCC1. The molecule has 3 heterocycles. The molecule has 3 aliphatic heterocycles. The van der Waals surface area contributed by atoms with E-state index < -0.39 is 5.41 Å². The third kappa shape index (κ3) is 4.37. The number of ether oxygens (including phenoxy) is 1. The fourth-order valence-corrected chi connectivity index (χ4v) is 6.63. The summed E-state index contributed by atoms with van der Waals surface area (Å²) in [4.78, 5) is 13.9. The Hall–Kier alpha value is -2.13. The van der Waals surface area contributed by atoms with Crippen LogP contribution in [0.15, 0.2) is 60.7 Å². The first-order valence-corrected chi connectivity index (χ1v) is 12.8. The number of benzene rings is 2. The summed E-state index contributed by atoms with van der Waals surface area (Å²) >= 11 is 0. The summed E-state index contributed by atoms with van der Waals surface area (Å²) in [5, 5.41) is 0. The zero-order chi connectivity index (χ0) is 21.9. The van der Waals surface area contributed by atoms with Crippen LogP contribution >= 0.6 is 0 Å². The molecule has 2 bridgehead atoms. The normalized spacial score (nSPS) is 29.2. The van der Waals surface area contributed by atoms with Crippen molar-refractivity contribution in [3.05, 3.63) is 71.8 Å². The van der Waals surface area contributed by atoms with E-state index >= 15 is 0 Å². The van der Waals surface area contributed by atoms with Gasteiger partial charge in [0.2, 0.25) is 0 Å². The molecule has 3 nitrogen and oxygen atoms in total. The first-order chi connectivity index (χ1) is 15.7. The Kier molecular flexibility index (Phi) is 6.37. The predicted molar refractivity (Wildman–Crippen MR) is 128 cm³/mol. The second-order valence-electron chi connectivity index (χ2n) is 10.6. The van der Waals surface area contributed by atoms with E-state index in [9.17, 15) is 4.79 Å². The maximum Gasteiger partial charge on any atom is 0.317 e. The third-order valence-electron chi connectivity index (χ3n) is 8.69. The summed E-state index contributed by atoms with van der Waals surface area (Å²) in [6.45, 7) is 4.66. The molecule has 0 unspecified atom stereocenters. The molecule has 0 spiro atoms. The minimum Gasteiger partial charge on any atom is -0.455 e. The second kappa shape index (κ2) is 9.39. The number of hydrogen-bond donors (Lipinski definition) is 0. The van der Waals surface area contributed by atoms with Crippen molar-refractivity contribution >= 4 is 5.97 Å². The summed E-state index contributed by atoms with van der Waals surface area (Å²) in [5.74, 6) is 0.611. The van der Waals surface area contributed by atoms with Gasteiger partial charge in [-0.2, -0.15) is 0 Å². The lowest BCUT2D eigenvalue weighted by molar-refractivity contribution is -0.946. The van der Waals surface area contributed by atoms with Gasteiger partial charge in [-0.05, 0) is 24.0 Å². The Labute approximate surface area is 193 Å². The number of piperidine rings is 3. The molecule has 3 saturated heterocycles. The number of fused-ring (bicyclic) bond motifs is 3. The zero-order valence-electron chi connectivity index (χ0n) is 19.4. The van der Waals surface area contributed by atoms with E-state index in [0.717, 1.165) is 49.7 Å². The molecule has 6 rings (SSSR count). The van der Waals surface area contributed by atoms with Crippen LogP contribution in [0.4, 0.5) is 0 Å². The summed E-state index contributed by atoms with van der Waals surface area (Å²) in [6.07, 6.45) is 10.2. The van der Waals surface area contributed by atoms with Gasteiger partial charge in [0.05, 0.1) is 25.0 Å². The largest absolute Gasteiger partial charge is 0.455 e. The standard InChI is InChI=1S/C29H38NO2/c31-28(29(18-9-1-2-10-19-29)26-13-7-4-8-14-26)32-27-23-30(21-16-25(27)17-22-30)20-15-24-11-5-3-6-12-24/h3-8,11-14,25,27H,1-2,9-10,15-23H2/q+1/t25?,27-,30?/m0/s1. The minimum absolute atomic E-state index is 0.0607. The molecule has 1 saturated carbocycles. The van der Waals surface area contributed by atoms with E-state index in [0.29, 0.717) is 5.92 Å². The van der Waals surface area contributed by atoms with Gasteiger partial charge in [-0.1, -0.05) is 86.3 Å². The Morgan fingerprint density at radius 1 is 0.875 bits per heavy atom. The zero-order valence-corrected chi connectivity index (χ0v) is 19.4. The molecular formula is C29H38NO2+. The fraction of sp³-hybridized carbons (Fsp3) is 0.552. The van der Waals surface area contributed by atoms with Gasteiger partial charge < -0.3 is 9.22 Å². The van der Waals surface area contributed by atoms with Crippen LogP contribution in [0.25, 0.3) is 0 Å². The van der Waals surface area contributed by atoms with E-state index in [4.69, 9.17) is 4.74 Å². The van der Waals surface area contributed by atoms with Gasteiger partial charge in [-0.15, -0.1) is 0 Å². The highest BCUT2D eigenvalue weighted by Crippen LogP contribution is 2.42. The minimum atomic E-state index is -0.446. The van der Waals surface area contributed by atoms with Crippen molar-refractivity contribution in [2.45, 2.75) is 69.3 Å². The highest BCUT2D eigenvalue weighted by atomic mass is 16.5. The number of carbonyl (C=O) groups excluding carboxylic acids is 1. The van der Waals surface area contributed by atoms with Gasteiger partial charge in [0, 0.05) is 25.2 Å². The van der Waals surface area contributed by atoms with E-state index in [1.165, 1.54) is 49.9 Å². The summed E-state index contributed by atoms with van der Waals surface area (Å²) < 4.78 is 7.63. The summed E-state index contributed by atoms with van der Waals surface area (Å²) in [6, 6.07) is 21.3. The van der Waals surface area contributed by atoms with Crippen molar-refractivity contribution in [2.24, 2.45) is 5.92 Å². The smallest absolute Gasteiger partial charge is 0.317 e. The van der Waals surface area contributed by atoms with Crippen LogP contribution in [0.1, 0.15) is 62.5 Å². The molecule has 3 heteroatoms. The van der Waals surface area contributed by atoms with Crippen LogP contribution in [-0.2, 0) is 21.4 Å². The molecule has 170 valence electrons. The highest BCUT2D eigenvalue weighted by Gasteiger charge is 2.50. The van der Waals surface area contributed by atoms with Crippen LogP contribution < -0.4 is 0 Å². The predicted octanol–water partition coefficient (Wildman–Crippen LogP) is 5.67. The second-order valence-corrected chi connectivity index (χ2v) is 10.6. The van der Waals surface area contributed by atoms with Gasteiger partial charge in [-0.25, -0.2) is 0 Å². The van der Waals surface area contributed by atoms with Crippen LogP contribution in [0, 0.1) is 5.92 Å². The number of quaternary nitrogens is 1. The average molecular weight is 433 g/mol. The maximum absolute atomic E-state index is 13.9. The van der Waals surface area contributed by atoms with E-state index in [-0.39, 0.29) is 12.1 Å². The van der Waals surface area contributed by atoms with Crippen molar-refractivity contribution in [1.29, 1.82) is 0 Å². The van der Waals surface area contributed by atoms with Crippen LogP contribution in [0.3, 0.4) is 0 Å². The van der Waals surface area contributed by atoms with Crippen molar-refractivity contribution in [3.63, 3.8) is 0 Å². The molecular weight excluding hydrogens is 394 g/mol. The third-order valence-corrected chi connectivity index (χ3v) is 8.69. The average Bonchev–Trinajstić information content (AvgIpc) is 3.12. The van der Waals surface area contributed by atoms with Gasteiger partial charge in [-0.3, -0.25) is 4.79 Å². The van der Waals surface area contributed by atoms with Gasteiger partial charge in [0.1, 0.15) is 6.54 Å². The molecule has 0 amide bonds. The molecule has 4 fully saturated rings. The number of carbonyl (C=O) groups is 1. The van der Waals surface area contributed by atoms with Gasteiger partial charge >= 0.3 is 5.97 Å². The first kappa shape index (κ1) is 21.7. The highest BCUT2D eigenvalue weighted by molar-refractivity contribution is 5.83. The van der Waals surface area contributed by atoms with Crippen LogP contribution in [0.2, 0.25) is 0 Å². The number of rotatable bonds is 6. The first-order valence-electron chi connectivity index (χ1n) is 12.8. The number of nitrogens with zero attached hydrogens (tertiary/aromatic N) is 1. The number of hydrogen-bond acceptors (Lipinski definition) is 2. The lowest BCUT2D eigenvalue weighted by Gasteiger charge is -2.52. The molecule has 32 heavy (non-hydrogen) atoms. The summed E-state index contributed by atoms with van der Waals surface area (Å²) in [7, 11) is 0. The Balaban J connectivity index is 1.31. The van der Waals surface area contributed by atoms with E-state index in [1.807, 2.05) is 6.07 Å². The molecule has 0 radical (unpaired) electrons. The topological polar surface area (TPSA) is 26.3 Å². The molecule has 2 aromatic rings. The monoisotopic (exact) mass is 432 g/mol. The van der Waals surface area contributed by atoms with Crippen molar-refractivity contribution < 1.29 is 14.0 Å². The Morgan fingerprint density at radius 2 is 1.50 bits per heavy atom. The fourth-order valence-electron chi connectivity index (χ4n) is 6.63. The van der Waals surface area contributed by atoms with Crippen LogP contribution in [-0.4, -0.2) is 42.7 Å².